The summed E-state index contributed by atoms with van der Waals surface area (Å²) in [5, 5.41) is 0.636. The number of nitrogen functional groups attached to an aromatic ring is 1. The van der Waals surface area contributed by atoms with E-state index in [2.05, 4.69) is 0 Å². The molecule has 0 aliphatic rings. The van der Waals surface area contributed by atoms with Gasteiger partial charge in [-0.1, -0.05) is 12.1 Å². The summed E-state index contributed by atoms with van der Waals surface area (Å²) in [7, 11) is 0. The second-order valence-corrected chi connectivity index (χ2v) is 4.60. The summed E-state index contributed by atoms with van der Waals surface area (Å²) in [5.74, 6) is 0.547. The second-order valence-electron chi connectivity index (χ2n) is 4.60. The molecule has 0 aliphatic heterocycles. The van der Waals surface area contributed by atoms with Crippen LogP contribution in [0.4, 0.5) is 10.1 Å². The lowest BCUT2D eigenvalue weighted by molar-refractivity contribution is 0.300. The Labute approximate surface area is 116 Å². The first kappa shape index (κ1) is 12.5. The number of nitrogens with zero attached hydrogens (tertiary/aromatic N) is 1. The quantitative estimate of drug-likeness (QED) is 0.738. The number of aromatic nitrogens is 1. The van der Waals surface area contributed by atoms with E-state index in [1.165, 1.54) is 6.07 Å². The summed E-state index contributed by atoms with van der Waals surface area (Å²) in [4.78, 5) is 0. The number of nitrogens with two attached hydrogens (primary N) is 1. The fraction of sp³-hybridized carbons (Fsp3) is 0.125. The molecular weight excluding hydrogens is 255 g/mol. The zero-order valence-electron chi connectivity index (χ0n) is 10.9. The lowest BCUT2D eigenvalue weighted by atomic mass is 10.2. The number of benzene rings is 2. The van der Waals surface area contributed by atoms with Gasteiger partial charge in [0.2, 0.25) is 0 Å². The van der Waals surface area contributed by atoms with E-state index in [1.807, 2.05) is 35.0 Å². The monoisotopic (exact) mass is 270 g/mol. The van der Waals surface area contributed by atoms with Gasteiger partial charge in [-0.25, -0.2) is 4.39 Å². The van der Waals surface area contributed by atoms with E-state index in [4.69, 9.17) is 10.5 Å². The molecule has 102 valence electrons. The standard InChI is InChI=1S/C16H15FN2O/c17-15-5-2-6-16-14(15)7-8-19(16)9-10-20-13-4-1-3-12(18)11-13/h1-8,11H,9-10,18H2. The molecule has 1 heterocycles. The van der Waals surface area contributed by atoms with Gasteiger partial charge in [0.1, 0.15) is 18.2 Å². The smallest absolute Gasteiger partial charge is 0.132 e. The van der Waals surface area contributed by atoms with Crippen LogP contribution in [0.15, 0.2) is 54.7 Å². The summed E-state index contributed by atoms with van der Waals surface area (Å²) in [6.07, 6.45) is 1.87. The number of hydrogen-bond acceptors (Lipinski definition) is 2. The lowest BCUT2D eigenvalue weighted by Gasteiger charge is -2.08. The Balaban J connectivity index is 1.70. The molecule has 0 saturated carbocycles. The number of hydrogen-bond donors (Lipinski definition) is 1. The van der Waals surface area contributed by atoms with E-state index in [9.17, 15) is 4.39 Å². The molecular formula is C16H15FN2O. The first-order valence-electron chi connectivity index (χ1n) is 6.46. The third kappa shape index (κ3) is 2.45. The van der Waals surface area contributed by atoms with Gasteiger partial charge >= 0.3 is 0 Å². The predicted molar refractivity (Wildman–Crippen MR) is 78.2 cm³/mol. The largest absolute Gasteiger partial charge is 0.492 e. The fourth-order valence-corrected chi connectivity index (χ4v) is 2.25. The van der Waals surface area contributed by atoms with Gasteiger partial charge in [0, 0.05) is 23.3 Å². The van der Waals surface area contributed by atoms with E-state index >= 15 is 0 Å². The molecule has 1 aromatic heterocycles. The van der Waals surface area contributed by atoms with Gasteiger partial charge in [-0.15, -0.1) is 0 Å². The number of halogens is 1. The molecule has 3 rings (SSSR count). The third-order valence-corrected chi connectivity index (χ3v) is 3.22. The van der Waals surface area contributed by atoms with E-state index in [0.29, 0.717) is 24.2 Å². The summed E-state index contributed by atoms with van der Waals surface area (Å²) in [6, 6.07) is 14.2. The van der Waals surface area contributed by atoms with Crippen LogP contribution < -0.4 is 10.5 Å². The van der Waals surface area contributed by atoms with Crippen LogP contribution in [0.2, 0.25) is 0 Å². The van der Waals surface area contributed by atoms with Crippen molar-refractivity contribution in [3.8, 4) is 5.75 Å². The van der Waals surface area contributed by atoms with E-state index in [1.54, 1.807) is 18.2 Å². The molecule has 20 heavy (non-hydrogen) atoms. The Kier molecular flexibility index (Phi) is 3.29. The van der Waals surface area contributed by atoms with E-state index < -0.39 is 0 Å². The van der Waals surface area contributed by atoms with Crippen molar-refractivity contribution < 1.29 is 9.13 Å². The van der Waals surface area contributed by atoms with Gasteiger partial charge in [0.15, 0.2) is 0 Å². The van der Waals surface area contributed by atoms with Crippen LogP contribution >= 0.6 is 0 Å². The maximum Gasteiger partial charge on any atom is 0.132 e. The van der Waals surface area contributed by atoms with Crippen molar-refractivity contribution in [3.05, 3.63) is 60.5 Å². The van der Waals surface area contributed by atoms with Gasteiger partial charge in [-0.2, -0.15) is 0 Å². The highest BCUT2D eigenvalue weighted by Crippen LogP contribution is 2.19. The van der Waals surface area contributed by atoms with E-state index in [-0.39, 0.29) is 5.82 Å². The summed E-state index contributed by atoms with van der Waals surface area (Å²) in [5.41, 5.74) is 7.24. The molecule has 4 heteroatoms. The highest BCUT2D eigenvalue weighted by Gasteiger charge is 2.04. The van der Waals surface area contributed by atoms with Crippen molar-refractivity contribution in [2.24, 2.45) is 0 Å². The van der Waals surface area contributed by atoms with Crippen LogP contribution in [0.5, 0.6) is 5.75 Å². The number of rotatable bonds is 4. The highest BCUT2D eigenvalue weighted by atomic mass is 19.1. The Bertz CT molecular complexity index is 736. The van der Waals surface area contributed by atoms with Crippen molar-refractivity contribution in [2.45, 2.75) is 6.54 Å². The van der Waals surface area contributed by atoms with Crippen molar-refractivity contribution in [3.63, 3.8) is 0 Å². The molecule has 3 nitrogen and oxygen atoms in total. The number of ether oxygens (including phenoxy) is 1. The van der Waals surface area contributed by atoms with Crippen LogP contribution in [0.25, 0.3) is 10.9 Å². The highest BCUT2D eigenvalue weighted by molar-refractivity contribution is 5.80. The molecule has 0 atom stereocenters. The van der Waals surface area contributed by atoms with Crippen LogP contribution in [-0.4, -0.2) is 11.2 Å². The normalized spacial score (nSPS) is 10.8. The lowest BCUT2D eigenvalue weighted by Crippen LogP contribution is -2.07. The van der Waals surface area contributed by atoms with Crippen molar-refractivity contribution in [2.75, 3.05) is 12.3 Å². The minimum absolute atomic E-state index is 0.196. The molecule has 0 radical (unpaired) electrons. The fourth-order valence-electron chi connectivity index (χ4n) is 2.25. The Hall–Kier alpha value is -2.49. The third-order valence-electron chi connectivity index (χ3n) is 3.22. The van der Waals surface area contributed by atoms with Crippen LogP contribution in [-0.2, 0) is 6.54 Å². The molecule has 2 N–H and O–H groups in total. The first-order valence-corrected chi connectivity index (χ1v) is 6.46. The maximum atomic E-state index is 13.6. The molecule has 0 aliphatic carbocycles. The van der Waals surface area contributed by atoms with Gasteiger partial charge < -0.3 is 15.0 Å². The maximum absolute atomic E-state index is 13.6. The SMILES string of the molecule is Nc1cccc(OCCn2ccc3c(F)cccc32)c1. The van der Waals surface area contributed by atoms with Crippen LogP contribution in [0.3, 0.4) is 0 Å². The number of anilines is 1. The van der Waals surface area contributed by atoms with Gasteiger partial charge in [-0.05, 0) is 30.3 Å². The van der Waals surface area contributed by atoms with Crippen molar-refractivity contribution in [1.82, 2.24) is 4.57 Å². The predicted octanol–water partition coefficient (Wildman–Crippen LogP) is 3.44. The topological polar surface area (TPSA) is 40.2 Å². The second kappa shape index (κ2) is 5.25. The Morgan fingerprint density at radius 2 is 1.95 bits per heavy atom. The molecule has 0 saturated heterocycles. The summed E-state index contributed by atoms with van der Waals surface area (Å²) >= 11 is 0. The molecule has 0 unspecified atom stereocenters. The molecule has 0 bridgehead atoms. The summed E-state index contributed by atoms with van der Waals surface area (Å²) < 4.78 is 21.2. The van der Waals surface area contributed by atoms with Gasteiger partial charge in [0.05, 0.1) is 12.1 Å². The molecule has 2 aromatic carbocycles. The van der Waals surface area contributed by atoms with Crippen LogP contribution in [0.1, 0.15) is 0 Å². The van der Waals surface area contributed by atoms with Gasteiger partial charge in [-0.3, -0.25) is 0 Å². The van der Waals surface area contributed by atoms with Crippen molar-refractivity contribution in [1.29, 1.82) is 0 Å². The molecule has 3 aromatic rings. The minimum Gasteiger partial charge on any atom is -0.492 e. The van der Waals surface area contributed by atoms with E-state index in [0.717, 1.165) is 11.3 Å². The Morgan fingerprint density at radius 3 is 2.80 bits per heavy atom. The van der Waals surface area contributed by atoms with Gasteiger partial charge in [0.25, 0.3) is 0 Å². The average molecular weight is 270 g/mol. The number of fused-ring (bicyclic) bond motifs is 1. The zero-order chi connectivity index (χ0) is 13.9. The average Bonchev–Trinajstić information content (AvgIpc) is 2.84. The Morgan fingerprint density at radius 1 is 1.10 bits per heavy atom. The summed E-state index contributed by atoms with van der Waals surface area (Å²) in [6.45, 7) is 1.16. The zero-order valence-corrected chi connectivity index (χ0v) is 10.9. The minimum atomic E-state index is -0.196. The van der Waals surface area contributed by atoms with Crippen LogP contribution in [0, 0.1) is 5.82 Å². The first-order chi connectivity index (χ1) is 9.74. The van der Waals surface area contributed by atoms with Crippen molar-refractivity contribution >= 4 is 16.6 Å². The molecule has 0 amide bonds. The molecule has 0 spiro atoms. The molecule has 0 fully saturated rings.